The van der Waals surface area contributed by atoms with Crippen molar-refractivity contribution in [3.05, 3.63) is 48.6 Å². The van der Waals surface area contributed by atoms with E-state index in [1.807, 2.05) is 6.08 Å². The number of allylic oxidation sites excluding steroid dienone is 7. The van der Waals surface area contributed by atoms with E-state index in [4.69, 9.17) is 4.74 Å². The molecule has 0 aromatic carbocycles. The lowest BCUT2D eigenvalue weighted by molar-refractivity contribution is -0.143. The van der Waals surface area contributed by atoms with Gasteiger partial charge in [-0.1, -0.05) is 358 Å². The molecule has 0 bridgehead atoms. The smallest absolute Gasteiger partial charge is 0.305 e. The molecule has 494 valence electrons. The minimum atomic E-state index is -0.847. The summed E-state index contributed by atoms with van der Waals surface area (Å²) >= 11 is 0. The maximum absolute atomic E-state index is 12.5. The molecule has 0 aromatic rings. The Morgan fingerprint density at radius 2 is 0.595 bits per heavy atom. The van der Waals surface area contributed by atoms with Crippen molar-refractivity contribution in [1.29, 1.82) is 0 Å². The number of aliphatic hydroxyl groups is 2. The normalized spacial score (nSPS) is 12.8. The number of ether oxygens (including phenoxy) is 1. The largest absolute Gasteiger partial charge is 0.466 e. The number of hydrogen-bond donors (Lipinski definition) is 3. The lowest BCUT2D eigenvalue weighted by atomic mass is 10.0. The molecule has 0 aromatic heterocycles. The standard InChI is InChI=1S/C78H147NO5/c1-3-5-7-9-11-13-15-17-19-21-22-23-33-36-39-42-46-50-54-58-62-66-70-76(81)75(74-80)79-77(82)71-67-63-59-55-51-47-43-40-37-34-31-29-27-25-24-26-28-30-32-35-38-41-45-49-53-57-61-65-69-73-84-78(83)72-68-64-60-56-52-48-44-20-18-16-14-12-10-8-6-4-2/h20,24,26,30,32,44,66,70,75-76,80-81H,3-19,21-23,25,27-29,31,33-43,45-65,67-69,71-74H2,1-2H3,(H,79,82)/b26-24-,32-30-,44-20-,70-66+. The molecule has 2 unspecified atom stereocenters. The van der Waals surface area contributed by atoms with Crippen molar-refractivity contribution in [3.63, 3.8) is 0 Å². The molecule has 84 heavy (non-hydrogen) atoms. The van der Waals surface area contributed by atoms with Crippen LogP contribution in [-0.4, -0.2) is 47.4 Å². The number of carbonyl (C=O) groups is 2. The van der Waals surface area contributed by atoms with Crippen LogP contribution < -0.4 is 5.32 Å². The number of aliphatic hydroxyl groups excluding tert-OH is 2. The molecule has 3 N–H and O–H groups in total. The van der Waals surface area contributed by atoms with Gasteiger partial charge in [-0.2, -0.15) is 0 Å². The Bertz CT molecular complexity index is 1400. The zero-order valence-corrected chi connectivity index (χ0v) is 56.6. The van der Waals surface area contributed by atoms with E-state index in [0.29, 0.717) is 19.4 Å². The fourth-order valence-corrected chi connectivity index (χ4v) is 11.8. The summed E-state index contributed by atoms with van der Waals surface area (Å²) in [5.74, 6) is -0.0606. The van der Waals surface area contributed by atoms with Crippen molar-refractivity contribution in [2.24, 2.45) is 0 Å². The Morgan fingerprint density at radius 1 is 0.333 bits per heavy atom. The summed E-state index contributed by atoms with van der Waals surface area (Å²) in [7, 11) is 0. The average molecular weight is 1180 g/mol. The molecule has 1 amide bonds. The first-order chi connectivity index (χ1) is 41.5. The van der Waals surface area contributed by atoms with E-state index in [2.05, 4.69) is 55.6 Å². The summed E-state index contributed by atoms with van der Waals surface area (Å²) in [5, 5.41) is 23.3. The predicted molar refractivity (Wildman–Crippen MR) is 370 cm³/mol. The second kappa shape index (κ2) is 73.3. The van der Waals surface area contributed by atoms with Crippen LogP contribution in [0.4, 0.5) is 0 Å². The molecular weight excluding hydrogens is 1030 g/mol. The number of nitrogens with one attached hydrogen (secondary N) is 1. The minimum Gasteiger partial charge on any atom is -0.466 e. The van der Waals surface area contributed by atoms with E-state index in [0.717, 1.165) is 51.4 Å². The van der Waals surface area contributed by atoms with Crippen LogP contribution in [0.2, 0.25) is 0 Å². The highest BCUT2D eigenvalue weighted by Gasteiger charge is 2.18. The summed E-state index contributed by atoms with van der Waals surface area (Å²) in [5.41, 5.74) is 0. The van der Waals surface area contributed by atoms with Crippen LogP contribution in [0.15, 0.2) is 48.6 Å². The summed E-state index contributed by atoms with van der Waals surface area (Å²) in [6.45, 7) is 4.93. The molecule has 0 fully saturated rings. The maximum Gasteiger partial charge on any atom is 0.305 e. The van der Waals surface area contributed by atoms with E-state index in [-0.39, 0.29) is 18.5 Å². The van der Waals surface area contributed by atoms with Gasteiger partial charge in [0, 0.05) is 12.8 Å². The summed E-state index contributed by atoms with van der Waals surface area (Å²) in [6, 6.07) is -0.631. The highest BCUT2D eigenvalue weighted by molar-refractivity contribution is 5.76. The van der Waals surface area contributed by atoms with E-state index in [1.165, 1.54) is 334 Å². The van der Waals surface area contributed by atoms with Gasteiger partial charge in [-0.25, -0.2) is 0 Å². The number of hydrogen-bond acceptors (Lipinski definition) is 5. The molecule has 0 aliphatic carbocycles. The fourth-order valence-electron chi connectivity index (χ4n) is 11.8. The van der Waals surface area contributed by atoms with Gasteiger partial charge < -0.3 is 20.3 Å². The van der Waals surface area contributed by atoms with Crippen molar-refractivity contribution in [2.45, 2.75) is 424 Å². The molecule has 0 spiro atoms. The number of unbranched alkanes of at least 4 members (excludes halogenated alkanes) is 54. The molecule has 0 radical (unpaired) electrons. The van der Waals surface area contributed by atoms with Gasteiger partial charge in [0.15, 0.2) is 0 Å². The van der Waals surface area contributed by atoms with Crippen molar-refractivity contribution >= 4 is 11.9 Å². The second-order valence-electron chi connectivity index (χ2n) is 26.0. The number of esters is 1. The summed E-state index contributed by atoms with van der Waals surface area (Å²) in [6.07, 6.45) is 96.4. The first-order valence-electron chi connectivity index (χ1n) is 37.9. The average Bonchev–Trinajstić information content (AvgIpc) is 3.51. The molecule has 6 nitrogen and oxygen atoms in total. The van der Waals surface area contributed by atoms with Gasteiger partial charge in [0.05, 0.1) is 25.4 Å². The third kappa shape index (κ3) is 68.9. The SMILES string of the molecule is CCCCCCCCC/C=C\CCCCCCCC(=O)OCCCCCCCCCCC/C=C\C/C=C\CCCCCCCCCCCCCCCC(=O)NC(CO)C(O)/C=C/CCCCCCCCCCCCCCCCCCCCCC. The molecule has 0 saturated heterocycles. The molecule has 0 aliphatic rings. The Hall–Kier alpha value is -2.18. The lowest BCUT2D eigenvalue weighted by Crippen LogP contribution is -2.45. The van der Waals surface area contributed by atoms with E-state index < -0.39 is 12.1 Å². The molecular formula is C78H147NO5. The number of amides is 1. The molecule has 0 aliphatic heterocycles. The third-order valence-electron chi connectivity index (χ3n) is 17.6. The molecule has 0 heterocycles. The second-order valence-corrected chi connectivity index (χ2v) is 26.0. The van der Waals surface area contributed by atoms with Crippen LogP contribution in [0.3, 0.4) is 0 Å². The van der Waals surface area contributed by atoms with Gasteiger partial charge in [-0.05, 0) is 89.9 Å². The first-order valence-corrected chi connectivity index (χ1v) is 37.9. The Balaban J connectivity index is 3.43. The predicted octanol–water partition coefficient (Wildman–Crippen LogP) is 24.8. The zero-order chi connectivity index (χ0) is 60.6. The fraction of sp³-hybridized carbons (Fsp3) is 0.872. The van der Waals surface area contributed by atoms with Crippen LogP contribution in [0.25, 0.3) is 0 Å². The van der Waals surface area contributed by atoms with Crippen molar-refractivity contribution < 1.29 is 24.5 Å². The van der Waals surface area contributed by atoms with Crippen molar-refractivity contribution in [1.82, 2.24) is 5.32 Å². The Labute approximate surface area is 525 Å². The van der Waals surface area contributed by atoms with Crippen LogP contribution in [0.5, 0.6) is 0 Å². The van der Waals surface area contributed by atoms with Gasteiger partial charge in [0.2, 0.25) is 5.91 Å². The topological polar surface area (TPSA) is 95.9 Å². The van der Waals surface area contributed by atoms with Crippen LogP contribution >= 0.6 is 0 Å². The zero-order valence-electron chi connectivity index (χ0n) is 56.6. The molecule has 2 atom stereocenters. The highest BCUT2D eigenvalue weighted by atomic mass is 16.5. The van der Waals surface area contributed by atoms with Crippen molar-refractivity contribution in [3.8, 4) is 0 Å². The quantitative estimate of drug-likeness (QED) is 0.0320. The summed E-state index contributed by atoms with van der Waals surface area (Å²) in [4.78, 5) is 24.6. The van der Waals surface area contributed by atoms with Gasteiger partial charge in [-0.15, -0.1) is 0 Å². The maximum atomic E-state index is 12.5. The van der Waals surface area contributed by atoms with Gasteiger partial charge >= 0.3 is 5.97 Å². The van der Waals surface area contributed by atoms with E-state index in [9.17, 15) is 19.8 Å². The monoisotopic (exact) mass is 1180 g/mol. The van der Waals surface area contributed by atoms with Crippen LogP contribution in [-0.2, 0) is 14.3 Å². The minimum absolute atomic E-state index is 0.00470. The first kappa shape index (κ1) is 81.8. The third-order valence-corrected chi connectivity index (χ3v) is 17.6. The molecule has 6 heteroatoms. The Morgan fingerprint density at radius 3 is 0.917 bits per heavy atom. The van der Waals surface area contributed by atoms with Crippen LogP contribution in [0, 0.1) is 0 Å². The number of rotatable bonds is 71. The highest BCUT2D eigenvalue weighted by Crippen LogP contribution is 2.19. The molecule has 0 saturated carbocycles. The van der Waals surface area contributed by atoms with Gasteiger partial charge in [0.1, 0.15) is 0 Å². The Kier molecular flexibility index (Phi) is 71.4. The van der Waals surface area contributed by atoms with Gasteiger partial charge in [0.25, 0.3) is 0 Å². The summed E-state index contributed by atoms with van der Waals surface area (Å²) < 4.78 is 5.49. The van der Waals surface area contributed by atoms with Gasteiger partial charge in [-0.3, -0.25) is 9.59 Å². The number of carbonyl (C=O) groups excluding carboxylic acids is 2. The van der Waals surface area contributed by atoms with E-state index in [1.54, 1.807) is 6.08 Å². The molecule has 0 rings (SSSR count). The lowest BCUT2D eigenvalue weighted by Gasteiger charge is -2.20. The van der Waals surface area contributed by atoms with Crippen LogP contribution in [0.1, 0.15) is 412 Å². The van der Waals surface area contributed by atoms with Crippen molar-refractivity contribution in [2.75, 3.05) is 13.2 Å². The van der Waals surface area contributed by atoms with E-state index >= 15 is 0 Å².